The van der Waals surface area contributed by atoms with Crippen LogP contribution in [0.15, 0.2) is 70.6 Å². The predicted octanol–water partition coefficient (Wildman–Crippen LogP) is 2.54. The number of amides is 1. The lowest BCUT2D eigenvalue weighted by Crippen LogP contribution is -2.27. The molecule has 9 heteroatoms. The molecule has 0 saturated carbocycles. The van der Waals surface area contributed by atoms with E-state index in [0.717, 1.165) is 17.7 Å². The van der Waals surface area contributed by atoms with Crippen molar-refractivity contribution in [3.05, 3.63) is 76.6 Å². The van der Waals surface area contributed by atoms with Crippen molar-refractivity contribution in [1.82, 2.24) is 24.9 Å². The van der Waals surface area contributed by atoms with E-state index in [2.05, 4.69) is 20.4 Å². The van der Waals surface area contributed by atoms with E-state index < -0.39 is 0 Å². The van der Waals surface area contributed by atoms with Crippen LogP contribution < -0.4 is 15.6 Å². The molecule has 2 aromatic carbocycles. The zero-order chi connectivity index (χ0) is 21.6. The molecule has 0 unspecified atom stereocenters. The number of aromatic amines is 1. The molecule has 158 valence electrons. The third-order valence-electron chi connectivity index (χ3n) is 4.58. The van der Waals surface area contributed by atoms with E-state index >= 15 is 0 Å². The van der Waals surface area contributed by atoms with Crippen LogP contribution in [-0.4, -0.2) is 44.9 Å². The maximum absolute atomic E-state index is 12.3. The Labute approximate surface area is 182 Å². The number of thioether (sulfide) groups is 1. The third-order valence-corrected chi connectivity index (χ3v) is 5.52. The lowest BCUT2D eigenvalue weighted by Gasteiger charge is -2.08. The summed E-state index contributed by atoms with van der Waals surface area (Å²) in [5.41, 5.74) is 2.11. The SMILES string of the molecule is COc1ccc(-c2nc(SCC(=O)NCCc3ccccc3)n3[nH]c(=O)cc3n2)cc1. The van der Waals surface area contributed by atoms with Gasteiger partial charge in [0.2, 0.25) is 5.91 Å². The van der Waals surface area contributed by atoms with E-state index in [0.29, 0.717) is 23.2 Å². The van der Waals surface area contributed by atoms with E-state index in [1.165, 1.54) is 27.9 Å². The first-order valence-electron chi connectivity index (χ1n) is 9.70. The highest BCUT2D eigenvalue weighted by Gasteiger charge is 2.13. The molecule has 0 bridgehead atoms. The number of nitrogens with zero attached hydrogens (tertiary/aromatic N) is 3. The second-order valence-electron chi connectivity index (χ2n) is 6.75. The summed E-state index contributed by atoms with van der Waals surface area (Å²) in [6.45, 7) is 0.556. The Morgan fingerprint density at radius 1 is 1.13 bits per heavy atom. The topological polar surface area (TPSA) is 101 Å². The Morgan fingerprint density at radius 2 is 1.90 bits per heavy atom. The van der Waals surface area contributed by atoms with Crippen LogP contribution in [0.3, 0.4) is 0 Å². The van der Waals surface area contributed by atoms with Crippen LogP contribution in [0.5, 0.6) is 5.75 Å². The molecule has 0 radical (unpaired) electrons. The number of ether oxygens (including phenoxy) is 1. The first kappa shape index (κ1) is 20.7. The maximum Gasteiger partial charge on any atom is 0.266 e. The summed E-state index contributed by atoms with van der Waals surface area (Å²) in [6.07, 6.45) is 0.765. The third kappa shape index (κ3) is 5.13. The van der Waals surface area contributed by atoms with Crippen LogP contribution in [0.2, 0.25) is 0 Å². The lowest BCUT2D eigenvalue weighted by molar-refractivity contribution is -0.118. The average Bonchev–Trinajstić information content (AvgIpc) is 3.18. The number of nitrogens with one attached hydrogen (secondary N) is 2. The van der Waals surface area contributed by atoms with Gasteiger partial charge in [0.15, 0.2) is 16.6 Å². The molecular formula is C22H21N5O3S. The first-order valence-corrected chi connectivity index (χ1v) is 10.7. The van der Waals surface area contributed by atoms with Gasteiger partial charge in [-0.3, -0.25) is 14.7 Å². The molecule has 0 saturated heterocycles. The summed E-state index contributed by atoms with van der Waals surface area (Å²) in [4.78, 5) is 33.2. The fourth-order valence-electron chi connectivity index (χ4n) is 3.02. The number of H-pyrrole nitrogens is 1. The van der Waals surface area contributed by atoms with Crippen LogP contribution in [0.1, 0.15) is 5.56 Å². The minimum absolute atomic E-state index is 0.104. The largest absolute Gasteiger partial charge is 0.497 e. The van der Waals surface area contributed by atoms with Gasteiger partial charge in [-0.05, 0) is 36.2 Å². The summed E-state index contributed by atoms with van der Waals surface area (Å²) in [5.74, 6) is 1.26. The van der Waals surface area contributed by atoms with Crippen LogP contribution in [0.25, 0.3) is 17.0 Å². The van der Waals surface area contributed by atoms with Gasteiger partial charge >= 0.3 is 0 Å². The molecular weight excluding hydrogens is 414 g/mol. The fraction of sp³-hybridized carbons (Fsp3) is 0.182. The molecule has 1 amide bonds. The number of carbonyl (C=O) groups excluding carboxylic acids is 1. The van der Waals surface area contributed by atoms with Crippen molar-refractivity contribution in [3.63, 3.8) is 0 Å². The van der Waals surface area contributed by atoms with Crippen molar-refractivity contribution in [2.45, 2.75) is 11.6 Å². The zero-order valence-corrected chi connectivity index (χ0v) is 17.7. The van der Waals surface area contributed by atoms with E-state index in [-0.39, 0.29) is 17.2 Å². The molecule has 2 heterocycles. The Morgan fingerprint density at radius 3 is 2.65 bits per heavy atom. The van der Waals surface area contributed by atoms with E-state index in [4.69, 9.17) is 4.74 Å². The molecule has 4 rings (SSSR count). The Bertz CT molecular complexity index is 1240. The molecule has 0 spiro atoms. The number of benzene rings is 2. The molecule has 0 aliphatic rings. The smallest absolute Gasteiger partial charge is 0.266 e. The van der Waals surface area contributed by atoms with Gasteiger partial charge in [0, 0.05) is 18.2 Å². The van der Waals surface area contributed by atoms with Gasteiger partial charge < -0.3 is 10.1 Å². The molecule has 8 nitrogen and oxygen atoms in total. The highest BCUT2D eigenvalue weighted by Crippen LogP contribution is 2.23. The zero-order valence-electron chi connectivity index (χ0n) is 16.9. The molecule has 2 N–H and O–H groups in total. The van der Waals surface area contributed by atoms with Crippen molar-refractivity contribution in [2.75, 3.05) is 19.4 Å². The van der Waals surface area contributed by atoms with E-state index in [9.17, 15) is 9.59 Å². The molecule has 0 atom stereocenters. The summed E-state index contributed by atoms with van der Waals surface area (Å²) >= 11 is 1.24. The van der Waals surface area contributed by atoms with Gasteiger partial charge in [-0.2, -0.15) is 0 Å². The van der Waals surface area contributed by atoms with Gasteiger partial charge in [0.1, 0.15) is 5.75 Å². The second-order valence-corrected chi connectivity index (χ2v) is 7.69. The molecule has 0 aliphatic carbocycles. The summed E-state index contributed by atoms with van der Waals surface area (Å²) in [5, 5.41) is 6.07. The standard InChI is InChI=1S/C22H21N5O3S/c1-30-17-9-7-16(8-10-17)21-24-18-13-19(28)26-27(18)22(25-21)31-14-20(29)23-12-11-15-5-3-2-4-6-15/h2-10,13H,11-12,14H2,1H3,(H,23,29)(H,26,28). The summed E-state index contributed by atoms with van der Waals surface area (Å²) in [7, 11) is 1.60. The molecule has 0 fully saturated rings. The van der Waals surface area contributed by atoms with Crippen molar-refractivity contribution in [1.29, 1.82) is 0 Å². The number of rotatable bonds is 8. The van der Waals surface area contributed by atoms with Crippen LogP contribution in [-0.2, 0) is 11.2 Å². The van der Waals surface area contributed by atoms with Gasteiger partial charge in [-0.1, -0.05) is 42.1 Å². The first-order chi connectivity index (χ1) is 15.1. The Kier molecular flexibility index (Phi) is 6.32. The van der Waals surface area contributed by atoms with E-state index in [1.807, 2.05) is 54.6 Å². The minimum atomic E-state index is -0.282. The van der Waals surface area contributed by atoms with Gasteiger partial charge in [0.05, 0.1) is 12.9 Å². The summed E-state index contributed by atoms with van der Waals surface area (Å²) in [6, 6.07) is 18.7. The lowest BCUT2D eigenvalue weighted by atomic mass is 10.1. The monoisotopic (exact) mass is 435 g/mol. The molecule has 31 heavy (non-hydrogen) atoms. The number of hydrogen-bond donors (Lipinski definition) is 2. The number of hydrogen-bond acceptors (Lipinski definition) is 6. The van der Waals surface area contributed by atoms with Crippen molar-refractivity contribution in [2.24, 2.45) is 0 Å². The van der Waals surface area contributed by atoms with Gasteiger partial charge in [-0.15, -0.1) is 0 Å². The van der Waals surface area contributed by atoms with Gasteiger partial charge in [0.25, 0.3) is 5.56 Å². The molecule has 0 aliphatic heterocycles. The number of fused-ring (bicyclic) bond motifs is 1. The number of carbonyl (C=O) groups is 1. The summed E-state index contributed by atoms with van der Waals surface area (Å²) < 4.78 is 6.69. The number of aromatic nitrogens is 4. The van der Waals surface area contributed by atoms with Crippen molar-refractivity contribution < 1.29 is 9.53 Å². The Hall–Kier alpha value is -3.59. The van der Waals surface area contributed by atoms with Crippen LogP contribution in [0, 0.1) is 0 Å². The molecule has 2 aromatic heterocycles. The predicted molar refractivity (Wildman–Crippen MR) is 119 cm³/mol. The normalized spacial score (nSPS) is 10.9. The quantitative estimate of drug-likeness (QED) is 0.413. The average molecular weight is 436 g/mol. The second kappa shape index (κ2) is 9.48. The fourth-order valence-corrected chi connectivity index (χ4v) is 3.80. The minimum Gasteiger partial charge on any atom is -0.497 e. The Balaban J connectivity index is 1.47. The maximum atomic E-state index is 12.3. The highest BCUT2D eigenvalue weighted by atomic mass is 32.2. The van der Waals surface area contributed by atoms with Gasteiger partial charge in [-0.25, -0.2) is 14.5 Å². The molecule has 4 aromatic rings. The number of methoxy groups -OCH3 is 1. The highest BCUT2D eigenvalue weighted by molar-refractivity contribution is 7.99. The van der Waals surface area contributed by atoms with Crippen LogP contribution >= 0.6 is 11.8 Å². The van der Waals surface area contributed by atoms with E-state index in [1.54, 1.807) is 7.11 Å². The van der Waals surface area contributed by atoms with Crippen LogP contribution in [0.4, 0.5) is 0 Å². The van der Waals surface area contributed by atoms with Crippen molar-refractivity contribution >= 4 is 23.3 Å². The van der Waals surface area contributed by atoms with Crippen molar-refractivity contribution in [3.8, 4) is 17.1 Å².